The van der Waals surface area contributed by atoms with Crippen molar-refractivity contribution in [2.75, 3.05) is 24.6 Å². The zero-order valence-electron chi connectivity index (χ0n) is 12.2. The molecule has 6 heteroatoms. The summed E-state index contributed by atoms with van der Waals surface area (Å²) < 4.78 is 26.3. The molecular formula is C15H19N3O2S. The summed E-state index contributed by atoms with van der Waals surface area (Å²) >= 11 is 0. The number of sulfonamides is 1. The molecule has 0 bridgehead atoms. The zero-order valence-corrected chi connectivity index (χ0v) is 13.0. The molecule has 0 unspecified atom stereocenters. The molecular weight excluding hydrogens is 286 g/mol. The van der Waals surface area contributed by atoms with Crippen molar-refractivity contribution < 1.29 is 8.42 Å². The second-order valence-corrected chi connectivity index (χ2v) is 6.86. The molecule has 0 amide bonds. The lowest BCUT2D eigenvalue weighted by Crippen LogP contribution is -2.16. The van der Waals surface area contributed by atoms with Crippen LogP contribution in [0.2, 0.25) is 0 Å². The Labute approximate surface area is 125 Å². The standard InChI is InChI=1S/C15H19N3O2S/c1-4-10-21(19,20)17-14-7-5-6-12-8-9-13(11-18(2)3)16-15(12)14/h4-9,17H,1,10-11H2,2-3H3. The molecule has 112 valence electrons. The van der Waals surface area contributed by atoms with E-state index in [2.05, 4.69) is 16.3 Å². The van der Waals surface area contributed by atoms with E-state index in [1.165, 1.54) is 6.08 Å². The Bertz CT molecular complexity index is 755. The van der Waals surface area contributed by atoms with Crippen LogP contribution in [0.15, 0.2) is 43.0 Å². The molecule has 0 saturated heterocycles. The molecule has 2 aromatic rings. The summed E-state index contributed by atoms with van der Waals surface area (Å²) in [5.41, 5.74) is 2.04. The molecule has 1 aromatic carbocycles. The Balaban J connectivity index is 2.45. The Morgan fingerprint density at radius 2 is 2.05 bits per heavy atom. The number of hydrogen-bond donors (Lipinski definition) is 1. The van der Waals surface area contributed by atoms with E-state index in [0.29, 0.717) is 17.7 Å². The van der Waals surface area contributed by atoms with Gasteiger partial charge in [-0.25, -0.2) is 13.4 Å². The van der Waals surface area contributed by atoms with Crippen LogP contribution in [-0.4, -0.2) is 38.1 Å². The van der Waals surface area contributed by atoms with Crippen LogP contribution < -0.4 is 4.72 Å². The van der Waals surface area contributed by atoms with Gasteiger partial charge in [0.1, 0.15) is 0 Å². The van der Waals surface area contributed by atoms with Gasteiger partial charge in [0, 0.05) is 11.9 Å². The van der Waals surface area contributed by atoms with Gasteiger partial charge in [0.05, 0.1) is 22.7 Å². The predicted octanol–water partition coefficient (Wildman–Crippen LogP) is 2.22. The molecule has 1 N–H and O–H groups in total. The number of nitrogens with one attached hydrogen (secondary N) is 1. The summed E-state index contributed by atoms with van der Waals surface area (Å²) in [5.74, 6) is -0.124. The average Bonchev–Trinajstić information content (AvgIpc) is 2.38. The topological polar surface area (TPSA) is 62.3 Å². The average molecular weight is 305 g/mol. The van der Waals surface area contributed by atoms with Gasteiger partial charge in [-0.1, -0.05) is 24.3 Å². The third-order valence-electron chi connectivity index (χ3n) is 2.86. The number of nitrogens with zero attached hydrogens (tertiary/aromatic N) is 2. The molecule has 0 aliphatic carbocycles. The lowest BCUT2D eigenvalue weighted by atomic mass is 10.2. The molecule has 0 spiro atoms. The fraction of sp³-hybridized carbons (Fsp3) is 0.267. The number of rotatable bonds is 6. The molecule has 0 aliphatic heterocycles. The summed E-state index contributed by atoms with van der Waals surface area (Å²) in [6, 6.07) is 9.33. The minimum Gasteiger partial charge on any atom is -0.304 e. The van der Waals surface area contributed by atoms with Gasteiger partial charge in [0.15, 0.2) is 0 Å². The fourth-order valence-corrected chi connectivity index (χ4v) is 2.94. The van der Waals surface area contributed by atoms with E-state index in [1.807, 2.05) is 37.2 Å². The molecule has 21 heavy (non-hydrogen) atoms. The van der Waals surface area contributed by atoms with Crippen molar-refractivity contribution in [3.8, 4) is 0 Å². The molecule has 0 saturated carbocycles. The SMILES string of the molecule is C=CCS(=O)(=O)Nc1cccc2ccc(CN(C)C)nc12. The van der Waals surface area contributed by atoms with Crippen LogP contribution in [0, 0.1) is 0 Å². The Kier molecular flexibility index (Phi) is 4.59. The Morgan fingerprint density at radius 3 is 2.71 bits per heavy atom. The third kappa shape index (κ3) is 4.03. The molecule has 1 aromatic heterocycles. The van der Waals surface area contributed by atoms with Crippen LogP contribution in [-0.2, 0) is 16.6 Å². The van der Waals surface area contributed by atoms with Crippen molar-refractivity contribution in [3.63, 3.8) is 0 Å². The van der Waals surface area contributed by atoms with Crippen LogP contribution in [0.4, 0.5) is 5.69 Å². The number of anilines is 1. The van der Waals surface area contributed by atoms with E-state index in [1.54, 1.807) is 12.1 Å². The molecule has 0 atom stereocenters. The summed E-state index contributed by atoms with van der Waals surface area (Å²) in [7, 11) is 0.495. The molecule has 5 nitrogen and oxygen atoms in total. The minimum atomic E-state index is -3.43. The summed E-state index contributed by atoms with van der Waals surface area (Å²) in [5, 5.41) is 0.899. The van der Waals surface area contributed by atoms with Gasteiger partial charge in [-0.2, -0.15) is 0 Å². The van der Waals surface area contributed by atoms with E-state index in [-0.39, 0.29) is 5.75 Å². The maximum atomic E-state index is 11.9. The van der Waals surface area contributed by atoms with E-state index >= 15 is 0 Å². The van der Waals surface area contributed by atoms with Gasteiger partial charge in [0.2, 0.25) is 10.0 Å². The number of fused-ring (bicyclic) bond motifs is 1. The largest absolute Gasteiger partial charge is 0.304 e. The van der Waals surface area contributed by atoms with E-state index in [0.717, 1.165) is 11.1 Å². The van der Waals surface area contributed by atoms with Gasteiger partial charge in [-0.3, -0.25) is 4.72 Å². The van der Waals surface area contributed by atoms with Crippen molar-refractivity contribution in [1.82, 2.24) is 9.88 Å². The highest BCUT2D eigenvalue weighted by Gasteiger charge is 2.11. The van der Waals surface area contributed by atoms with Gasteiger partial charge >= 0.3 is 0 Å². The first kappa shape index (κ1) is 15.5. The first-order valence-electron chi connectivity index (χ1n) is 6.56. The molecule has 1 heterocycles. The zero-order chi connectivity index (χ0) is 15.5. The summed E-state index contributed by atoms with van der Waals surface area (Å²) in [4.78, 5) is 6.58. The Hall–Kier alpha value is -1.92. The number of para-hydroxylation sites is 1. The van der Waals surface area contributed by atoms with Crippen molar-refractivity contribution in [3.05, 3.63) is 48.7 Å². The van der Waals surface area contributed by atoms with E-state index in [4.69, 9.17) is 0 Å². The minimum absolute atomic E-state index is 0.124. The van der Waals surface area contributed by atoms with Crippen molar-refractivity contribution in [2.24, 2.45) is 0 Å². The van der Waals surface area contributed by atoms with Gasteiger partial charge < -0.3 is 4.90 Å². The highest BCUT2D eigenvalue weighted by Crippen LogP contribution is 2.23. The lowest BCUT2D eigenvalue weighted by molar-refractivity contribution is 0.397. The number of benzene rings is 1. The molecule has 0 aliphatic rings. The normalized spacial score (nSPS) is 11.8. The van der Waals surface area contributed by atoms with Crippen LogP contribution in [0.25, 0.3) is 10.9 Å². The van der Waals surface area contributed by atoms with E-state index < -0.39 is 10.0 Å². The van der Waals surface area contributed by atoms with Crippen LogP contribution in [0.3, 0.4) is 0 Å². The Morgan fingerprint density at radius 1 is 1.29 bits per heavy atom. The molecule has 0 fully saturated rings. The second kappa shape index (κ2) is 6.24. The van der Waals surface area contributed by atoms with Gasteiger partial charge in [-0.05, 0) is 26.2 Å². The molecule has 2 rings (SSSR count). The van der Waals surface area contributed by atoms with Crippen molar-refractivity contribution in [1.29, 1.82) is 0 Å². The monoisotopic (exact) mass is 305 g/mol. The predicted molar refractivity (Wildman–Crippen MR) is 86.7 cm³/mol. The number of pyridine rings is 1. The van der Waals surface area contributed by atoms with Crippen molar-refractivity contribution in [2.45, 2.75) is 6.54 Å². The first-order valence-corrected chi connectivity index (χ1v) is 8.21. The van der Waals surface area contributed by atoms with Crippen molar-refractivity contribution >= 4 is 26.6 Å². The fourth-order valence-electron chi connectivity index (χ4n) is 2.05. The maximum Gasteiger partial charge on any atom is 0.236 e. The van der Waals surface area contributed by atoms with Crippen LogP contribution in [0.5, 0.6) is 0 Å². The van der Waals surface area contributed by atoms with Crippen LogP contribution in [0.1, 0.15) is 5.69 Å². The molecule has 0 radical (unpaired) electrons. The lowest BCUT2D eigenvalue weighted by Gasteiger charge is -2.12. The van der Waals surface area contributed by atoms with Gasteiger partial charge in [-0.15, -0.1) is 6.58 Å². The van der Waals surface area contributed by atoms with Crippen LogP contribution >= 0.6 is 0 Å². The van der Waals surface area contributed by atoms with E-state index in [9.17, 15) is 8.42 Å². The highest BCUT2D eigenvalue weighted by molar-refractivity contribution is 7.92. The summed E-state index contributed by atoms with van der Waals surface area (Å²) in [6.07, 6.45) is 1.36. The first-order chi connectivity index (χ1) is 9.91. The third-order valence-corrected chi connectivity index (χ3v) is 4.06. The quantitative estimate of drug-likeness (QED) is 0.831. The smallest absolute Gasteiger partial charge is 0.236 e. The van der Waals surface area contributed by atoms with Gasteiger partial charge in [0.25, 0.3) is 0 Å². The second-order valence-electron chi connectivity index (χ2n) is 5.09. The number of aromatic nitrogens is 1. The number of hydrogen-bond acceptors (Lipinski definition) is 4. The maximum absolute atomic E-state index is 11.9. The highest BCUT2D eigenvalue weighted by atomic mass is 32.2. The summed E-state index contributed by atoms with van der Waals surface area (Å²) in [6.45, 7) is 4.15.